The van der Waals surface area contributed by atoms with Gasteiger partial charge >= 0.3 is 6.09 Å². The molecular formula is C18H29NO4. The number of ether oxygens (including phenoxy) is 3. The van der Waals surface area contributed by atoms with Gasteiger partial charge in [0.05, 0.1) is 13.7 Å². The summed E-state index contributed by atoms with van der Waals surface area (Å²) in [5.41, 5.74) is 0.0751. The number of carbonyl (C=O) groups excluding carboxylic acids is 1. The van der Waals surface area contributed by atoms with Crippen molar-refractivity contribution in [3.8, 4) is 11.5 Å². The van der Waals surface area contributed by atoms with Crippen LogP contribution in [0.5, 0.6) is 11.5 Å². The third-order valence-corrected chi connectivity index (χ3v) is 2.99. The molecule has 1 N–H and O–H groups in total. The van der Waals surface area contributed by atoms with Crippen LogP contribution in [0.15, 0.2) is 18.2 Å². The zero-order chi connectivity index (χ0) is 17.5. The molecule has 23 heavy (non-hydrogen) atoms. The maximum absolute atomic E-state index is 11.8. The summed E-state index contributed by atoms with van der Waals surface area (Å²) in [5.74, 6) is 1.91. The summed E-state index contributed by atoms with van der Waals surface area (Å²) in [6.45, 7) is 10.5. The molecule has 0 heterocycles. The predicted molar refractivity (Wildman–Crippen MR) is 92.4 cm³/mol. The Bertz CT molecular complexity index is 506. The van der Waals surface area contributed by atoms with Gasteiger partial charge in [0.15, 0.2) is 11.5 Å². The maximum Gasteiger partial charge on any atom is 0.412 e. The molecule has 0 spiro atoms. The van der Waals surface area contributed by atoms with Gasteiger partial charge in [-0.1, -0.05) is 13.8 Å². The highest BCUT2D eigenvalue weighted by Crippen LogP contribution is 2.30. The summed E-state index contributed by atoms with van der Waals surface area (Å²) < 4.78 is 16.3. The van der Waals surface area contributed by atoms with Crippen molar-refractivity contribution in [2.75, 3.05) is 19.0 Å². The lowest BCUT2D eigenvalue weighted by Gasteiger charge is -2.20. The van der Waals surface area contributed by atoms with Gasteiger partial charge in [0.1, 0.15) is 5.60 Å². The van der Waals surface area contributed by atoms with Gasteiger partial charge in [0.2, 0.25) is 0 Å². The molecule has 5 nitrogen and oxygen atoms in total. The number of amides is 1. The lowest BCUT2D eigenvalue weighted by atomic mass is 10.1. The molecule has 0 aliphatic rings. The van der Waals surface area contributed by atoms with Crippen molar-refractivity contribution in [1.82, 2.24) is 0 Å². The first-order chi connectivity index (χ1) is 10.7. The number of methoxy groups -OCH3 is 1. The molecule has 1 aromatic rings. The molecule has 0 saturated carbocycles. The molecule has 1 amide bonds. The van der Waals surface area contributed by atoms with Crippen molar-refractivity contribution in [2.45, 2.75) is 53.1 Å². The van der Waals surface area contributed by atoms with E-state index >= 15 is 0 Å². The molecule has 0 aliphatic heterocycles. The van der Waals surface area contributed by atoms with Crippen molar-refractivity contribution >= 4 is 11.8 Å². The van der Waals surface area contributed by atoms with Crippen LogP contribution in [0.4, 0.5) is 10.5 Å². The Kier molecular flexibility index (Phi) is 7.20. The van der Waals surface area contributed by atoms with E-state index in [-0.39, 0.29) is 0 Å². The number of hydrogen-bond acceptors (Lipinski definition) is 4. The summed E-state index contributed by atoms with van der Waals surface area (Å²) in [6, 6.07) is 5.27. The fraction of sp³-hybridized carbons (Fsp3) is 0.611. The van der Waals surface area contributed by atoms with Crippen LogP contribution >= 0.6 is 0 Å². The van der Waals surface area contributed by atoms with Crippen LogP contribution in [0.2, 0.25) is 0 Å². The summed E-state index contributed by atoms with van der Waals surface area (Å²) >= 11 is 0. The molecule has 1 aromatic carbocycles. The minimum atomic E-state index is -0.535. The Hall–Kier alpha value is -1.91. The van der Waals surface area contributed by atoms with E-state index in [0.29, 0.717) is 29.7 Å². The van der Waals surface area contributed by atoms with E-state index in [1.165, 1.54) is 0 Å². The Morgan fingerprint density at radius 3 is 2.48 bits per heavy atom. The molecule has 5 heteroatoms. The highest BCUT2D eigenvalue weighted by molar-refractivity contribution is 5.85. The second kappa shape index (κ2) is 8.65. The van der Waals surface area contributed by atoms with Gasteiger partial charge < -0.3 is 14.2 Å². The van der Waals surface area contributed by atoms with Gasteiger partial charge in [-0.2, -0.15) is 0 Å². The molecule has 0 aromatic heterocycles. The van der Waals surface area contributed by atoms with Crippen LogP contribution in [0.3, 0.4) is 0 Å². The topological polar surface area (TPSA) is 56.8 Å². The number of nitrogens with one attached hydrogen (secondary N) is 1. The minimum Gasteiger partial charge on any atom is -0.493 e. The fourth-order valence-electron chi connectivity index (χ4n) is 1.96. The summed E-state index contributed by atoms with van der Waals surface area (Å²) in [7, 11) is 1.59. The van der Waals surface area contributed by atoms with Crippen molar-refractivity contribution in [2.24, 2.45) is 5.92 Å². The fourth-order valence-corrected chi connectivity index (χ4v) is 1.96. The molecule has 0 bridgehead atoms. The van der Waals surface area contributed by atoms with E-state index in [2.05, 4.69) is 19.2 Å². The Morgan fingerprint density at radius 2 is 1.91 bits per heavy atom. The van der Waals surface area contributed by atoms with E-state index in [9.17, 15) is 4.79 Å². The molecule has 0 fully saturated rings. The molecule has 0 aliphatic carbocycles. The van der Waals surface area contributed by atoms with Crippen molar-refractivity contribution in [1.29, 1.82) is 0 Å². The SMILES string of the molecule is COc1ccc(NC(=O)OC(C)(C)C)cc1OCCCC(C)C. The van der Waals surface area contributed by atoms with E-state index in [0.717, 1.165) is 12.8 Å². The number of anilines is 1. The largest absolute Gasteiger partial charge is 0.493 e. The Labute approximate surface area is 139 Å². The molecule has 0 saturated heterocycles. The zero-order valence-corrected chi connectivity index (χ0v) is 15.1. The first-order valence-corrected chi connectivity index (χ1v) is 8.02. The summed E-state index contributed by atoms with van der Waals surface area (Å²) in [5, 5.41) is 2.70. The van der Waals surface area contributed by atoms with Crippen LogP contribution in [0.1, 0.15) is 47.5 Å². The van der Waals surface area contributed by atoms with Gasteiger partial charge in [-0.15, -0.1) is 0 Å². The average molecular weight is 323 g/mol. The number of carbonyl (C=O) groups is 1. The second-order valence-corrected chi connectivity index (χ2v) is 6.88. The number of benzene rings is 1. The molecule has 1 rings (SSSR count). The average Bonchev–Trinajstić information content (AvgIpc) is 2.41. The zero-order valence-electron chi connectivity index (χ0n) is 15.1. The first kappa shape index (κ1) is 19.1. The molecular weight excluding hydrogens is 294 g/mol. The van der Waals surface area contributed by atoms with E-state index in [1.54, 1.807) is 25.3 Å². The van der Waals surface area contributed by atoms with Gasteiger partial charge in [0, 0.05) is 11.8 Å². The van der Waals surface area contributed by atoms with Crippen LogP contribution in [0.25, 0.3) is 0 Å². The van der Waals surface area contributed by atoms with Gasteiger partial charge in [0.25, 0.3) is 0 Å². The van der Waals surface area contributed by atoms with Crippen LogP contribution < -0.4 is 14.8 Å². The van der Waals surface area contributed by atoms with Crippen molar-refractivity contribution in [3.63, 3.8) is 0 Å². The van der Waals surface area contributed by atoms with Gasteiger partial charge in [-0.3, -0.25) is 5.32 Å². The van der Waals surface area contributed by atoms with Gasteiger partial charge in [-0.25, -0.2) is 4.79 Å². The highest BCUT2D eigenvalue weighted by atomic mass is 16.6. The third kappa shape index (κ3) is 7.77. The minimum absolute atomic E-state index is 0.492. The number of rotatable bonds is 7. The monoisotopic (exact) mass is 323 g/mol. The smallest absolute Gasteiger partial charge is 0.412 e. The summed E-state index contributed by atoms with van der Waals surface area (Å²) in [4.78, 5) is 11.8. The van der Waals surface area contributed by atoms with E-state index in [1.807, 2.05) is 20.8 Å². The molecule has 0 radical (unpaired) electrons. The quantitative estimate of drug-likeness (QED) is 0.728. The molecule has 130 valence electrons. The number of hydrogen-bond donors (Lipinski definition) is 1. The van der Waals surface area contributed by atoms with Crippen LogP contribution in [0, 0.1) is 5.92 Å². The third-order valence-electron chi connectivity index (χ3n) is 2.99. The lowest BCUT2D eigenvalue weighted by Crippen LogP contribution is -2.27. The summed E-state index contributed by atoms with van der Waals surface area (Å²) in [6.07, 6.45) is 1.59. The Morgan fingerprint density at radius 1 is 1.22 bits per heavy atom. The van der Waals surface area contributed by atoms with Gasteiger partial charge in [-0.05, 0) is 51.7 Å². The maximum atomic E-state index is 11.8. The predicted octanol–water partition coefficient (Wildman–Crippen LogP) is 4.86. The van der Waals surface area contributed by atoms with Crippen molar-refractivity contribution in [3.05, 3.63) is 18.2 Å². The second-order valence-electron chi connectivity index (χ2n) is 6.88. The first-order valence-electron chi connectivity index (χ1n) is 8.02. The van der Waals surface area contributed by atoms with E-state index < -0.39 is 11.7 Å². The van der Waals surface area contributed by atoms with Crippen LogP contribution in [-0.4, -0.2) is 25.4 Å². The Balaban J connectivity index is 2.68. The van der Waals surface area contributed by atoms with Crippen LogP contribution in [-0.2, 0) is 4.74 Å². The standard InChI is InChI=1S/C18H29NO4/c1-13(2)8-7-11-22-16-12-14(9-10-15(16)21-6)19-17(20)23-18(3,4)5/h9-10,12-13H,7-8,11H2,1-6H3,(H,19,20). The van der Waals surface area contributed by atoms with Crippen molar-refractivity contribution < 1.29 is 19.0 Å². The highest BCUT2D eigenvalue weighted by Gasteiger charge is 2.17. The molecule has 0 atom stereocenters. The lowest BCUT2D eigenvalue weighted by molar-refractivity contribution is 0.0636. The van der Waals surface area contributed by atoms with E-state index in [4.69, 9.17) is 14.2 Å². The molecule has 0 unspecified atom stereocenters. The normalized spacial score (nSPS) is 11.3.